The molecule has 1 atom stereocenters. The molecule has 1 heterocycles. The van der Waals surface area contributed by atoms with Crippen LogP contribution in [-0.2, 0) is 13.5 Å². The molecule has 1 aromatic heterocycles. The lowest BCUT2D eigenvalue weighted by Crippen LogP contribution is -2.08. The first-order valence-electron chi connectivity index (χ1n) is 7.17. The largest absolute Gasteiger partial charge is 0.496 e. The van der Waals surface area contributed by atoms with Crippen molar-refractivity contribution in [3.63, 3.8) is 0 Å². The van der Waals surface area contributed by atoms with Crippen molar-refractivity contribution in [2.75, 3.05) is 7.11 Å². The maximum Gasteiger partial charge on any atom is 0.125 e. The van der Waals surface area contributed by atoms with Crippen molar-refractivity contribution >= 4 is 0 Å². The van der Waals surface area contributed by atoms with E-state index in [0.29, 0.717) is 6.42 Å². The Kier molecular flexibility index (Phi) is 4.37. The molecule has 0 amide bonds. The average molecular weight is 288 g/mol. The highest BCUT2D eigenvalue weighted by atomic mass is 16.5. The van der Waals surface area contributed by atoms with Crippen LogP contribution in [0.15, 0.2) is 12.1 Å². The zero-order valence-electron chi connectivity index (χ0n) is 13.7. The maximum absolute atomic E-state index is 10.7. The third kappa shape index (κ3) is 2.95. The van der Waals surface area contributed by atoms with Gasteiger partial charge in [0.15, 0.2) is 0 Å². The number of aromatic nitrogens is 2. The standard InChI is InChI=1S/C17H24N2O2/c1-10-7-11(2)17(16(8-10)21-6)15(20)9-14-12(3)18-19(5)13(14)4/h7-8,15,20H,9H2,1-6H3. The molecule has 0 aliphatic carbocycles. The van der Waals surface area contributed by atoms with E-state index < -0.39 is 6.10 Å². The van der Waals surface area contributed by atoms with Gasteiger partial charge in [-0.25, -0.2) is 0 Å². The summed E-state index contributed by atoms with van der Waals surface area (Å²) in [7, 11) is 3.57. The van der Waals surface area contributed by atoms with Gasteiger partial charge < -0.3 is 9.84 Å². The first kappa shape index (κ1) is 15.6. The minimum absolute atomic E-state index is 0.547. The Morgan fingerprint density at radius 3 is 2.43 bits per heavy atom. The molecule has 0 saturated carbocycles. The Balaban J connectivity index is 2.39. The number of ether oxygens (including phenoxy) is 1. The van der Waals surface area contributed by atoms with Crippen LogP contribution >= 0.6 is 0 Å². The molecule has 0 spiro atoms. The molecule has 21 heavy (non-hydrogen) atoms. The van der Waals surface area contributed by atoms with E-state index >= 15 is 0 Å². The van der Waals surface area contributed by atoms with Gasteiger partial charge in [-0.2, -0.15) is 5.10 Å². The second-order valence-corrected chi connectivity index (χ2v) is 5.69. The molecular weight excluding hydrogens is 264 g/mol. The fourth-order valence-electron chi connectivity index (χ4n) is 2.94. The Bertz CT molecular complexity index is 659. The Hall–Kier alpha value is -1.81. The molecule has 2 aromatic rings. The van der Waals surface area contributed by atoms with Gasteiger partial charge in [0.05, 0.1) is 18.9 Å². The Morgan fingerprint density at radius 2 is 1.90 bits per heavy atom. The number of methoxy groups -OCH3 is 1. The van der Waals surface area contributed by atoms with Gasteiger partial charge in [-0.15, -0.1) is 0 Å². The van der Waals surface area contributed by atoms with E-state index in [2.05, 4.69) is 11.2 Å². The number of benzene rings is 1. The number of nitrogens with zero attached hydrogens (tertiary/aromatic N) is 2. The van der Waals surface area contributed by atoms with Crippen molar-refractivity contribution in [1.29, 1.82) is 0 Å². The van der Waals surface area contributed by atoms with Gasteiger partial charge in [0.2, 0.25) is 0 Å². The van der Waals surface area contributed by atoms with Gasteiger partial charge in [-0.1, -0.05) is 6.07 Å². The summed E-state index contributed by atoms with van der Waals surface area (Å²) in [6.07, 6.45) is -0.0478. The van der Waals surface area contributed by atoms with Gasteiger partial charge in [0.25, 0.3) is 0 Å². The zero-order valence-corrected chi connectivity index (χ0v) is 13.7. The van der Waals surface area contributed by atoms with E-state index in [9.17, 15) is 5.11 Å². The number of aryl methyl sites for hydroxylation is 4. The minimum atomic E-state index is -0.595. The highest BCUT2D eigenvalue weighted by molar-refractivity contribution is 5.45. The number of aliphatic hydroxyl groups is 1. The van der Waals surface area contributed by atoms with E-state index in [0.717, 1.165) is 39.4 Å². The third-order valence-electron chi connectivity index (χ3n) is 4.10. The molecule has 114 valence electrons. The van der Waals surface area contributed by atoms with Crippen LogP contribution in [0, 0.1) is 27.7 Å². The minimum Gasteiger partial charge on any atom is -0.496 e. The molecular formula is C17H24N2O2. The van der Waals surface area contributed by atoms with Crippen LogP contribution in [0.1, 0.15) is 39.7 Å². The summed E-state index contributed by atoms with van der Waals surface area (Å²) in [5, 5.41) is 15.1. The SMILES string of the molecule is COc1cc(C)cc(C)c1C(O)Cc1c(C)nn(C)c1C. The lowest BCUT2D eigenvalue weighted by atomic mass is 9.94. The molecule has 1 unspecified atom stereocenters. The Morgan fingerprint density at radius 1 is 1.24 bits per heavy atom. The molecule has 0 saturated heterocycles. The smallest absolute Gasteiger partial charge is 0.125 e. The molecule has 1 aromatic carbocycles. The van der Waals surface area contributed by atoms with Crippen molar-refractivity contribution in [2.45, 2.75) is 40.2 Å². The second-order valence-electron chi connectivity index (χ2n) is 5.69. The fraction of sp³-hybridized carbons (Fsp3) is 0.471. The number of hydrogen-bond donors (Lipinski definition) is 1. The second kappa shape index (κ2) is 5.90. The van der Waals surface area contributed by atoms with Crippen LogP contribution < -0.4 is 4.74 Å². The van der Waals surface area contributed by atoms with Crippen LogP contribution in [0.25, 0.3) is 0 Å². The van der Waals surface area contributed by atoms with Gasteiger partial charge in [-0.05, 0) is 50.5 Å². The zero-order chi connectivity index (χ0) is 15.7. The molecule has 0 radical (unpaired) electrons. The summed E-state index contributed by atoms with van der Waals surface area (Å²) in [6.45, 7) is 8.05. The van der Waals surface area contributed by atoms with E-state index in [-0.39, 0.29) is 0 Å². The van der Waals surface area contributed by atoms with Crippen LogP contribution in [0.4, 0.5) is 0 Å². The maximum atomic E-state index is 10.7. The molecule has 1 N–H and O–H groups in total. The quantitative estimate of drug-likeness (QED) is 0.941. The summed E-state index contributed by atoms with van der Waals surface area (Å²) < 4.78 is 7.31. The molecule has 4 nitrogen and oxygen atoms in total. The van der Waals surface area contributed by atoms with Crippen molar-refractivity contribution in [2.24, 2.45) is 7.05 Å². The predicted molar refractivity (Wildman–Crippen MR) is 83.8 cm³/mol. The van der Waals surface area contributed by atoms with E-state index in [4.69, 9.17) is 4.74 Å². The highest BCUT2D eigenvalue weighted by Crippen LogP contribution is 2.32. The molecule has 0 fully saturated rings. The summed E-state index contributed by atoms with van der Waals surface area (Å²) in [5.74, 6) is 0.749. The van der Waals surface area contributed by atoms with Gasteiger partial charge in [-0.3, -0.25) is 4.68 Å². The molecule has 2 rings (SSSR count). The predicted octanol–water partition coefficient (Wildman–Crippen LogP) is 2.94. The number of hydrogen-bond acceptors (Lipinski definition) is 3. The number of rotatable bonds is 4. The van der Waals surface area contributed by atoms with Crippen LogP contribution in [0.5, 0.6) is 5.75 Å². The first-order valence-corrected chi connectivity index (χ1v) is 7.17. The molecule has 4 heteroatoms. The summed E-state index contributed by atoms with van der Waals surface area (Å²) in [5.41, 5.74) is 6.22. The average Bonchev–Trinajstić information content (AvgIpc) is 2.64. The van der Waals surface area contributed by atoms with Gasteiger partial charge in [0.1, 0.15) is 5.75 Å². The topological polar surface area (TPSA) is 47.3 Å². The monoisotopic (exact) mass is 288 g/mol. The van der Waals surface area contributed by atoms with Crippen molar-refractivity contribution in [3.8, 4) is 5.75 Å². The lowest BCUT2D eigenvalue weighted by molar-refractivity contribution is 0.173. The van der Waals surface area contributed by atoms with Crippen molar-refractivity contribution in [1.82, 2.24) is 9.78 Å². The summed E-state index contributed by atoms with van der Waals surface area (Å²) >= 11 is 0. The number of aliphatic hydroxyl groups excluding tert-OH is 1. The van der Waals surface area contributed by atoms with Crippen molar-refractivity contribution < 1.29 is 9.84 Å². The normalized spacial score (nSPS) is 12.5. The molecule has 0 aliphatic rings. The van der Waals surface area contributed by atoms with E-state index in [1.54, 1.807) is 7.11 Å². The lowest BCUT2D eigenvalue weighted by Gasteiger charge is -2.18. The fourth-order valence-corrected chi connectivity index (χ4v) is 2.94. The molecule has 0 aliphatic heterocycles. The highest BCUT2D eigenvalue weighted by Gasteiger charge is 2.20. The third-order valence-corrected chi connectivity index (χ3v) is 4.10. The van der Waals surface area contributed by atoms with Crippen LogP contribution in [0.3, 0.4) is 0 Å². The Labute approximate surface area is 126 Å². The van der Waals surface area contributed by atoms with Crippen LogP contribution in [-0.4, -0.2) is 22.0 Å². The van der Waals surface area contributed by atoms with E-state index in [1.165, 1.54) is 0 Å². The van der Waals surface area contributed by atoms with Gasteiger partial charge >= 0.3 is 0 Å². The molecule has 0 bridgehead atoms. The van der Waals surface area contributed by atoms with Crippen LogP contribution in [0.2, 0.25) is 0 Å². The van der Waals surface area contributed by atoms with E-state index in [1.807, 2.05) is 45.5 Å². The van der Waals surface area contributed by atoms with Gasteiger partial charge in [0, 0.05) is 24.7 Å². The summed E-state index contributed by atoms with van der Waals surface area (Å²) in [4.78, 5) is 0. The van der Waals surface area contributed by atoms with Crippen molar-refractivity contribution in [3.05, 3.63) is 45.8 Å². The summed E-state index contributed by atoms with van der Waals surface area (Å²) in [6, 6.07) is 4.04. The first-order chi connectivity index (χ1) is 9.85.